The average molecular weight is 317 g/mol. The van der Waals surface area contributed by atoms with Crippen LogP contribution in [0.2, 0.25) is 0 Å². The lowest BCUT2D eigenvalue weighted by Gasteiger charge is -2.01. The molecule has 3 aromatic rings. The molecule has 0 saturated heterocycles. The molecular formula is C13H9BrN4O. The monoisotopic (exact) mass is 316 g/mol. The maximum atomic E-state index is 5.98. The van der Waals surface area contributed by atoms with Gasteiger partial charge in [0, 0.05) is 22.4 Å². The number of aromatic nitrogens is 3. The van der Waals surface area contributed by atoms with Crippen LogP contribution in [0.3, 0.4) is 0 Å². The molecule has 0 aliphatic carbocycles. The van der Waals surface area contributed by atoms with Gasteiger partial charge in [0.2, 0.25) is 5.82 Å². The fraction of sp³-hybridized carbons (Fsp3) is 0. The van der Waals surface area contributed by atoms with Gasteiger partial charge in [0.05, 0.1) is 11.3 Å². The summed E-state index contributed by atoms with van der Waals surface area (Å²) in [6.45, 7) is 0. The van der Waals surface area contributed by atoms with Crippen LogP contribution in [0.1, 0.15) is 0 Å². The molecule has 0 aliphatic rings. The molecule has 0 aliphatic heterocycles. The first-order valence-electron chi connectivity index (χ1n) is 5.54. The Labute approximate surface area is 117 Å². The van der Waals surface area contributed by atoms with Gasteiger partial charge in [-0.3, -0.25) is 4.98 Å². The van der Waals surface area contributed by atoms with Crippen LogP contribution >= 0.6 is 15.9 Å². The summed E-state index contributed by atoms with van der Waals surface area (Å²) >= 11 is 3.37. The number of hydrogen-bond donors (Lipinski definition) is 1. The Balaban J connectivity index is 2.05. The average Bonchev–Trinajstić information content (AvgIpc) is 2.92. The summed E-state index contributed by atoms with van der Waals surface area (Å²) in [5.74, 6) is 0.905. The summed E-state index contributed by atoms with van der Waals surface area (Å²) in [7, 11) is 0. The standard InChI is InChI=1S/C13H9BrN4O/c14-10-3-1-2-9(11(10)15)13-17-12(18-19-13)8-4-6-16-7-5-8/h1-7H,15H2. The molecule has 0 saturated carbocycles. The molecule has 0 bridgehead atoms. The van der Waals surface area contributed by atoms with E-state index in [1.807, 2.05) is 30.3 Å². The molecular weight excluding hydrogens is 308 g/mol. The molecule has 0 spiro atoms. The zero-order valence-corrected chi connectivity index (χ0v) is 11.3. The molecule has 0 fully saturated rings. The third-order valence-corrected chi connectivity index (χ3v) is 3.34. The number of pyridine rings is 1. The van der Waals surface area contributed by atoms with Gasteiger partial charge in [-0.05, 0) is 40.2 Å². The highest BCUT2D eigenvalue weighted by atomic mass is 79.9. The maximum absolute atomic E-state index is 5.98. The van der Waals surface area contributed by atoms with Crippen molar-refractivity contribution in [2.45, 2.75) is 0 Å². The number of halogens is 1. The van der Waals surface area contributed by atoms with E-state index in [1.165, 1.54) is 0 Å². The van der Waals surface area contributed by atoms with Crippen LogP contribution in [0.4, 0.5) is 5.69 Å². The number of nitrogens with two attached hydrogens (primary N) is 1. The summed E-state index contributed by atoms with van der Waals surface area (Å²) in [5, 5.41) is 3.95. The topological polar surface area (TPSA) is 77.8 Å². The van der Waals surface area contributed by atoms with Gasteiger partial charge in [0.15, 0.2) is 0 Å². The van der Waals surface area contributed by atoms with Crippen LogP contribution in [-0.4, -0.2) is 15.1 Å². The van der Waals surface area contributed by atoms with Crippen LogP contribution in [-0.2, 0) is 0 Å². The van der Waals surface area contributed by atoms with Crippen LogP contribution in [0, 0.1) is 0 Å². The minimum absolute atomic E-state index is 0.394. The Hall–Kier alpha value is -2.21. The van der Waals surface area contributed by atoms with Gasteiger partial charge >= 0.3 is 0 Å². The van der Waals surface area contributed by atoms with Crippen molar-refractivity contribution in [2.24, 2.45) is 0 Å². The van der Waals surface area contributed by atoms with E-state index in [1.54, 1.807) is 12.4 Å². The summed E-state index contributed by atoms with van der Waals surface area (Å²) in [5.41, 5.74) is 8.11. The molecule has 2 heterocycles. The van der Waals surface area contributed by atoms with E-state index >= 15 is 0 Å². The smallest absolute Gasteiger partial charge is 0.260 e. The van der Waals surface area contributed by atoms with Crippen molar-refractivity contribution >= 4 is 21.6 Å². The first-order chi connectivity index (χ1) is 9.25. The van der Waals surface area contributed by atoms with Crippen molar-refractivity contribution in [3.8, 4) is 22.8 Å². The molecule has 5 nitrogen and oxygen atoms in total. The van der Waals surface area contributed by atoms with Crippen LogP contribution in [0.15, 0.2) is 51.7 Å². The minimum Gasteiger partial charge on any atom is -0.397 e. The molecule has 0 atom stereocenters. The Morgan fingerprint density at radius 3 is 2.68 bits per heavy atom. The first kappa shape index (κ1) is 11.9. The summed E-state index contributed by atoms with van der Waals surface area (Å²) in [6.07, 6.45) is 3.36. The number of hydrogen-bond acceptors (Lipinski definition) is 5. The second-order valence-electron chi connectivity index (χ2n) is 3.86. The van der Waals surface area contributed by atoms with Gasteiger partial charge in [-0.25, -0.2) is 0 Å². The Morgan fingerprint density at radius 2 is 1.89 bits per heavy atom. The molecule has 0 unspecified atom stereocenters. The van der Waals surface area contributed by atoms with Crippen molar-refractivity contribution < 1.29 is 4.52 Å². The predicted octanol–water partition coefficient (Wildman–Crippen LogP) is 3.14. The van der Waals surface area contributed by atoms with Crippen molar-refractivity contribution in [1.29, 1.82) is 0 Å². The van der Waals surface area contributed by atoms with Gasteiger partial charge in [0.1, 0.15) is 0 Å². The number of para-hydroxylation sites is 1. The lowest BCUT2D eigenvalue weighted by molar-refractivity contribution is 0.432. The molecule has 0 radical (unpaired) electrons. The first-order valence-corrected chi connectivity index (χ1v) is 6.33. The van der Waals surface area contributed by atoms with E-state index in [0.717, 1.165) is 10.0 Å². The summed E-state index contributed by atoms with van der Waals surface area (Å²) < 4.78 is 6.06. The van der Waals surface area contributed by atoms with Crippen molar-refractivity contribution in [3.05, 3.63) is 47.2 Å². The van der Waals surface area contributed by atoms with E-state index in [0.29, 0.717) is 23.0 Å². The van der Waals surface area contributed by atoms with Gasteiger partial charge < -0.3 is 10.3 Å². The van der Waals surface area contributed by atoms with E-state index < -0.39 is 0 Å². The quantitative estimate of drug-likeness (QED) is 0.735. The summed E-state index contributed by atoms with van der Waals surface area (Å²) in [6, 6.07) is 9.20. The minimum atomic E-state index is 0.394. The largest absolute Gasteiger partial charge is 0.397 e. The van der Waals surface area contributed by atoms with Gasteiger partial charge in [-0.1, -0.05) is 11.2 Å². The van der Waals surface area contributed by atoms with Gasteiger partial charge in [-0.2, -0.15) is 4.98 Å². The Morgan fingerprint density at radius 1 is 1.11 bits per heavy atom. The zero-order chi connectivity index (χ0) is 13.2. The molecule has 1 aromatic carbocycles. The van der Waals surface area contributed by atoms with E-state index in [4.69, 9.17) is 10.3 Å². The van der Waals surface area contributed by atoms with E-state index in [-0.39, 0.29) is 0 Å². The van der Waals surface area contributed by atoms with Gasteiger partial charge in [-0.15, -0.1) is 0 Å². The maximum Gasteiger partial charge on any atom is 0.260 e. The highest BCUT2D eigenvalue weighted by molar-refractivity contribution is 9.10. The number of nitrogens with zero attached hydrogens (tertiary/aromatic N) is 3. The molecule has 2 N–H and O–H groups in total. The molecule has 6 heteroatoms. The zero-order valence-electron chi connectivity index (χ0n) is 9.75. The lowest BCUT2D eigenvalue weighted by Crippen LogP contribution is -1.91. The SMILES string of the molecule is Nc1c(Br)cccc1-c1nc(-c2ccncc2)no1. The van der Waals surface area contributed by atoms with Crippen LogP contribution in [0.25, 0.3) is 22.8 Å². The Bertz CT molecular complexity index is 712. The second-order valence-corrected chi connectivity index (χ2v) is 4.71. The number of rotatable bonds is 2. The Kier molecular flexibility index (Phi) is 3.00. The van der Waals surface area contributed by atoms with Crippen molar-refractivity contribution in [1.82, 2.24) is 15.1 Å². The van der Waals surface area contributed by atoms with Crippen LogP contribution in [0.5, 0.6) is 0 Å². The fourth-order valence-corrected chi connectivity index (χ4v) is 2.04. The van der Waals surface area contributed by atoms with E-state index in [2.05, 4.69) is 31.1 Å². The molecule has 2 aromatic heterocycles. The van der Waals surface area contributed by atoms with E-state index in [9.17, 15) is 0 Å². The van der Waals surface area contributed by atoms with Crippen molar-refractivity contribution in [3.63, 3.8) is 0 Å². The normalized spacial score (nSPS) is 10.6. The molecule has 19 heavy (non-hydrogen) atoms. The third kappa shape index (κ3) is 2.22. The lowest BCUT2D eigenvalue weighted by atomic mass is 10.2. The van der Waals surface area contributed by atoms with Crippen LogP contribution < -0.4 is 5.73 Å². The van der Waals surface area contributed by atoms with Gasteiger partial charge in [0.25, 0.3) is 5.89 Å². The predicted molar refractivity (Wildman–Crippen MR) is 75.1 cm³/mol. The summed E-state index contributed by atoms with van der Waals surface area (Å²) in [4.78, 5) is 8.30. The molecule has 3 rings (SSSR count). The fourth-order valence-electron chi connectivity index (χ4n) is 1.67. The number of benzene rings is 1. The molecule has 0 amide bonds. The van der Waals surface area contributed by atoms with Crippen molar-refractivity contribution in [2.75, 3.05) is 5.73 Å². The molecule has 94 valence electrons. The number of nitrogen functional groups attached to an aromatic ring is 1. The second kappa shape index (κ2) is 4.81. The highest BCUT2D eigenvalue weighted by Crippen LogP contribution is 2.31. The highest BCUT2D eigenvalue weighted by Gasteiger charge is 2.13. The number of anilines is 1. The third-order valence-electron chi connectivity index (χ3n) is 2.65.